The lowest BCUT2D eigenvalue weighted by molar-refractivity contribution is 0.176. The lowest BCUT2D eigenvalue weighted by atomic mass is 9.71. The summed E-state index contributed by atoms with van der Waals surface area (Å²) < 4.78 is 6.01. The van der Waals surface area contributed by atoms with Crippen LogP contribution in [0.4, 0.5) is 0 Å². The van der Waals surface area contributed by atoms with E-state index in [9.17, 15) is 0 Å². The van der Waals surface area contributed by atoms with Gasteiger partial charge in [-0.05, 0) is 97.1 Å². The molecule has 0 heterocycles. The second-order valence-electron chi connectivity index (χ2n) is 10.1. The number of hydrogen-bond donors (Lipinski definition) is 0. The molecule has 2 atom stereocenters. The van der Waals surface area contributed by atoms with Crippen LogP contribution in [0.3, 0.4) is 0 Å². The average molecular weight is 401 g/mol. The molecule has 0 saturated heterocycles. The molecule has 164 valence electrons. The Morgan fingerprint density at radius 3 is 2.31 bits per heavy atom. The fourth-order valence-corrected chi connectivity index (χ4v) is 4.70. The third-order valence-corrected chi connectivity index (χ3v) is 6.57. The molecule has 0 unspecified atom stereocenters. The van der Waals surface area contributed by atoms with Crippen molar-refractivity contribution in [3.8, 4) is 5.75 Å². The van der Waals surface area contributed by atoms with E-state index in [0.717, 1.165) is 18.8 Å². The first-order valence-corrected chi connectivity index (χ1v) is 11.4. The van der Waals surface area contributed by atoms with E-state index in [1.807, 2.05) is 0 Å². The summed E-state index contributed by atoms with van der Waals surface area (Å²) in [4.78, 5) is 4.64. The molecule has 0 spiro atoms. The average Bonchev–Trinajstić information content (AvgIpc) is 2.61. The summed E-state index contributed by atoms with van der Waals surface area (Å²) >= 11 is 0. The van der Waals surface area contributed by atoms with Gasteiger partial charge in [0.15, 0.2) is 0 Å². The molecule has 0 fully saturated rings. The third kappa shape index (κ3) is 7.46. The van der Waals surface area contributed by atoms with Crippen molar-refractivity contribution >= 4 is 0 Å². The highest BCUT2D eigenvalue weighted by Crippen LogP contribution is 2.42. The van der Waals surface area contributed by atoms with Gasteiger partial charge in [-0.25, -0.2) is 0 Å². The van der Waals surface area contributed by atoms with Crippen LogP contribution in [0.25, 0.3) is 0 Å². The first kappa shape index (κ1) is 24.0. The Morgan fingerprint density at radius 1 is 1.07 bits per heavy atom. The molecule has 1 aliphatic carbocycles. The molecule has 0 aliphatic heterocycles. The second kappa shape index (κ2) is 10.6. The summed E-state index contributed by atoms with van der Waals surface area (Å²) in [7, 11) is 6.40. The molecule has 3 nitrogen and oxygen atoms in total. The van der Waals surface area contributed by atoms with Gasteiger partial charge in [0.1, 0.15) is 11.9 Å². The fraction of sp³-hybridized carbons (Fsp3) is 0.692. The Labute approximate surface area is 180 Å². The van der Waals surface area contributed by atoms with Gasteiger partial charge in [-0.15, -0.1) is 0 Å². The summed E-state index contributed by atoms with van der Waals surface area (Å²) in [6.45, 7) is 13.6. The minimum absolute atomic E-state index is 0.195. The van der Waals surface area contributed by atoms with Gasteiger partial charge in [-0.2, -0.15) is 0 Å². The molecule has 0 radical (unpaired) electrons. The van der Waals surface area contributed by atoms with Crippen molar-refractivity contribution in [1.82, 2.24) is 9.80 Å². The number of likely N-dealkylation sites (N-methyl/N-ethyl adjacent to an activating group) is 1. The van der Waals surface area contributed by atoms with E-state index in [1.165, 1.54) is 37.7 Å². The summed E-state index contributed by atoms with van der Waals surface area (Å²) in [6, 6.07) is 9.21. The van der Waals surface area contributed by atoms with Crippen LogP contribution in [0, 0.1) is 5.41 Å². The predicted molar refractivity (Wildman–Crippen MR) is 126 cm³/mol. The van der Waals surface area contributed by atoms with Crippen LogP contribution in [0.1, 0.15) is 72.3 Å². The molecular formula is C26H44N2O. The first-order valence-electron chi connectivity index (χ1n) is 11.4. The molecule has 1 aromatic carbocycles. The summed E-state index contributed by atoms with van der Waals surface area (Å²) in [5.74, 6) is 0.959. The zero-order chi connectivity index (χ0) is 21.6. The minimum Gasteiger partial charge on any atom is -0.489 e. The van der Waals surface area contributed by atoms with Crippen LogP contribution in [0.5, 0.6) is 5.75 Å². The van der Waals surface area contributed by atoms with Gasteiger partial charge >= 0.3 is 0 Å². The Hall–Kier alpha value is -1.32. The summed E-state index contributed by atoms with van der Waals surface area (Å²) in [5.41, 5.74) is 5.10. The zero-order valence-corrected chi connectivity index (χ0v) is 20.2. The van der Waals surface area contributed by atoms with E-state index in [0.29, 0.717) is 11.5 Å². The number of rotatable bonds is 10. The first-order chi connectivity index (χ1) is 13.6. The Bertz CT molecular complexity index is 660. The topological polar surface area (TPSA) is 15.7 Å². The molecule has 1 aromatic rings. The molecule has 0 N–H and O–H groups in total. The van der Waals surface area contributed by atoms with E-state index in [4.69, 9.17) is 4.74 Å². The summed E-state index contributed by atoms with van der Waals surface area (Å²) in [5, 5.41) is 0. The minimum atomic E-state index is 0.195. The second-order valence-corrected chi connectivity index (χ2v) is 10.1. The van der Waals surface area contributed by atoms with E-state index >= 15 is 0 Å². The Balaban J connectivity index is 1.85. The van der Waals surface area contributed by atoms with Crippen LogP contribution >= 0.6 is 0 Å². The maximum absolute atomic E-state index is 6.01. The molecule has 0 amide bonds. The van der Waals surface area contributed by atoms with Gasteiger partial charge in [0, 0.05) is 19.1 Å². The van der Waals surface area contributed by atoms with Crippen molar-refractivity contribution in [2.45, 2.75) is 85.4 Å². The SMILES string of the molecule is CC1=C(CC[C@H](C)N(C)Cc2ccc(O[C@@H](C)CN(C)C)cc2)C(C)(C)CCC1. The van der Waals surface area contributed by atoms with Gasteiger partial charge in [0.25, 0.3) is 0 Å². The van der Waals surface area contributed by atoms with E-state index in [-0.39, 0.29) is 6.10 Å². The fourth-order valence-electron chi connectivity index (χ4n) is 4.70. The molecule has 0 bridgehead atoms. The number of hydrogen-bond acceptors (Lipinski definition) is 3. The third-order valence-electron chi connectivity index (χ3n) is 6.57. The van der Waals surface area contributed by atoms with Gasteiger partial charge < -0.3 is 9.64 Å². The maximum atomic E-state index is 6.01. The quantitative estimate of drug-likeness (QED) is 0.439. The van der Waals surface area contributed by atoms with Gasteiger partial charge in [0.2, 0.25) is 0 Å². The molecular weight excluding hydrogens is 356 g/mol. The number of ether oxygens (including phenoxy) is 1. The van der Waals surface area contributed by atoms with Crippen LogP contribution in [0.2, 0.25) is 0 Å². The predicted octanol–water partition coefficient (Wildman–Crippen LogP) is 6.14. The van der Waals surface area contributed by atoms with Crippen molar-refractivity contribution in [1.29, 1.82) is 0 Å². The molecule has 3 heteroatoms. The highest BCUT2D eigenvalue weighted by molar-refractivity contribution is 5.27. The van der Waals surface area contributed by atoms with Crippen molar-refractivity contribution in [3.63, 3.8) is 0 Å². The highest BCUT2D eigenvalue weighted by Gasteiger charge is 2.28. The van der Waals surface area contributed by atoms with Gasteiger partial charge in [0.05, 0.1) is 0 Å². The van der Waals surface area contributed by atoms with Crippen molar-refractivity contribution < 1.29 is 4.74 Å². The van der Waals surface area contributed by atoms with Crippen LogP contribution in [-0.4, -0.2) is 49.6 Å². The Kier molecular flexibility index (Phi) is 8.78. The van der Waals surface area contributed by atoms with Crippen LogP contribution < -0.4 is 4.74 Å². The lowest BCUT2D eigenvalue weighted by Gasteiger charge is -2.36. The molecule has 0 aromatic heterocycles. The molecule has 1 aliphatic rings. The van der Waals surface area contributed by atoms with Gasteiger partial charge in [-0.3, -0.25) is 4.90 Å². The zero-order valence-electron chi connectivity index (χ0n) is 20.2. The smallest absolute Gasteiger partial charge is 0.119 e. The van der Waals surface area contributed by atoms with Crippen LogP contribution in [-0.2, 0) is 6.54 Å². The number of allylic oxidation sites excluding steroid dienone is 2. The standard InChI is InChI=1S/C26H44N2O/c1-20-10-9-17-26(4,5)25(20)16-11-21(2)28(8)19-23-12-14-24(15-13-23)29-22(3)18-27(6)7/h12-15,21-22H,9-11,16-19H2,1-8H3/t21-,22-/m0/s1. The Morgan fingerprint density at radius 2 is 1.72 bits per heavy atom. The number of nitrogens with zero attached hydrogens (tertiary/aromatic N) is 2. The molecule has 2 rings (SSSR count). The van der Waals surface area contributed by atoms with Crippen LogP contribution in [0.15, 0.2) is 35.4 Å². The summed E-state index contributed by atoms with van der Waals surface area (Å²) in [6.07, 6.45) is 6.65. The highest BCUT2D eigenvalue weighted by atomic mass is 16.5. The number of benzene rings is 1. The normalized spacial score (nSPS) is 19.0. The molecule has 29 heavy (non-hydrogen) atoms. The largest absolute Gasteiger partial charge is 0.489 e. The van der Waals surface area contributed by atoms with Crippen molar-refractivity contribution in [2.75, 3.05) is 27.7 Å². The van der Waals surface area contributed by atoms with E-state index in [2.05, 4.69) is 89.8 Å². The van der Waals surface area contributed by atoms with E-state index in [1.54, 1.807) is 11.1 Å². The van der Waals surface area contributed by atoms with Crippen molar-refractivity contribution in [2.24, 2.45) is 5.41 Å². The maximum Gasteiger partial charge on any atom is 0.119 e. The van der Waals surface area contributed by atoms with Gasteiger partial charge in [-0.1, -0.05) is 37.1 Å². The van der Waals surface area contributed by atoms with Crippen molar-refractivity contribution in [3.05, 3.63) is 41.0 Å². The lowest BCUT2D eigenvalue weighted by Crippen LogP contribution is -2.30. The monoisotopic (exact) mass is 400 g/mol. The molecule has 0 saturated carbocycles. The van der Waals surface area contributed by atoms with E-state index < -0.39 is 0 Å².